The molecule has 2 atom stereocenters. The lowest BCUT2D eigenvalue weighted by atomic mass is 10.1. The van der Waals surface area contributed by atoms with E-state index < -0.39 is 6.10 Å². The second-order valence-corrected chi connectivity index (χ2v) is 4.87. The summed E-state index contributed by atoms with van der Waals surface area (Å²) < 4.78 is 5.49. The lowest BCUT2D eigenvalue weighted by molar-refractivity contribution is -0.0319. The van der Waals surface area contributed by atoms with Gasteiger partial charge in [0.05, 0.1) is 18.8 Å². The molecule has 0 saturated carbocycles. The summed E-state index contributed by atoms with van der Waals surface area (Å²) in [6.07, 6.45) is -0.130. The Morgan fingerprint density at radius 3 is 2.76 bits per heavy atom. The SMILES string of the molecule is Cc1ccc(C(O)CN2CCOC(C)C2)cc1. The molecule has 0 spiro atoms. The molecular formula is C14H21NO2. The van der Waals surface area contributed by atoms with E-state index in [2.05, 4.69) is 18.7 Å². The van der Waals surface area contributed by atoms with Crippen molar-refractivity contribution in [1.29, 1.82) is 0 Å². The van der Waals surface area contributed by atoms with E-state index in [9.17, 15) is 5.11 Å². The standard InChI is InChI=1S/C14H21NO2/c1-11-3-5-13(6-4-11)14(16)10-15-7-8-17-12(2)9-15/h3-6,12,14,16H,7-10H2,1-2H3. The van der Waals surface area contributed by atoms with Crippen LogP contribution in [0, 0.1) is 6.92 Å². The maximum atomic E-state index is 10.2. The van der Waals surface area contributed by atoms with E-state index in [4.69, 9.17) is 4.74 Å². The van der Waals surface area contributed by atoms with Crippen molar-refractivity contribution in [3.63, 3.8) is 0 Å². The van der Waals surface area contributed by atoms with Crippen LogP contribution in [0.2, 0.25) is 0 Å². The number of β-amino-alcohol motifs (C(OH)–C–C–N with tert-alkyl or cyclic N) is 1. The van der Waals surface area contributed by atoms with Gasteiger partial charge in [-0.05, 0) is 19.4 Å². The molecule has 0 bridgehead atoms. The fraction of sp³-hybridized carbons (Fsp3) is 0.571. The van der Waals surface area contributed by atoms with Crippen molar-refractivity contribution in [2.75, 3.05) is 26.2 Å². The summed E-state index contributed by atoms with van der Waals surface area (Å²) in [6, 6.07) is 8.09. The third-order valence-electron chi connectivity index (χ3n) is 3.22. The summed E-state index contributed by atoms with van der Waals surface area (Å²) in [5.41, 5.74) is 2.22. The molecule has 1 saturated heterocycles. The summed E-state index contributed by atoms with van der Waals surface area (Å²) in [5.74, 6) is 0. The lowest BCUT2D eigenvalue weighted by Gasteiger charge is -2.32. The van der Waals surface area contributed by atoms with Crippen LogP contribution in [0.5, 0.6) is 0 Å². The van der Waals surface area contributed by atoms with Gasteiger partial charge in [0.2, 0.25) is 0 Å². The van der Waals surface area contributed by atoms with Crippen LogP contribution in [0.3, 0.4) is 0 Å². The summed E-state index contributed by atoms with van der Waals surface area (Å²) in [4.78, 5) is 2.26. The number of aliphatic hydroxyl groups excluding tert-OH is 1. The smallest absolute Gasteiger partial charge is 0.0916 e. The predicted molar refractivity (Wildman–Crippen MR) is 68.0 cm³/mol. The number of aliphatic hydroxyl groups is 1. The molecule has 2 unspecified atom stereocenters. The average molecular weight is 235 g/mol. The summed E-state index contributed by atoms with van der Waals surface area (Å²) in [7, 11) is 0. The van der Waals surface area contributed by atoms with Gasteiger partial charge in [-0.15, -0.1) is 0 Å². The second-order valence-electron chi connectivity index (χ2n) is 4.87. The molecule has 3 nitrogen and oxygen atoms in total. The van der Waals surface area contributed by atoms with Gasteiger partial charge in [0.15, 0.2) is 0 Å². The van der Waals surface area contributed by atoms with Crippen LogP contribution in [0.4, 0.5) is 0 Å². The zero-order valence-corrected chi connectivity index (χ0v) is 10.6. The third kappa shape index (κ3) is 3.53. The van der Waals surface area contributed by atoms with Crippen LogP contribution < -0.4 is 0 Å². The highest BCUT2D eigenvalue weighted by Gasteiger charge is 2.19. The number of rotatable bonds is 3. The summed E-state index contributed by atoms with van der Waals surface area (Å²) >= 11 is 0. The first-order chi connectivity index (χ1) is 8.15. The zero-order chi connectivity index (χ0) is 12.3. The quantitative estimate of drug-likeness (QED) is 0.866. The first kappa shape index (κ1) is 12.6. The van der Waals surface area contributed by atoms with E-state index in [0.29, 0.717) is 6.54 Å². The van der Waals surface area contributed by atoms with Crippen molar-refractivity contribution in [3.8, 4) is 0 Å². The highest BCUT2D eigenvalue weighted by molar-refractivity contribution is 5.23. The molecular weight excluding hydrogens is 214 g/mol. The van der Waals surface area contributed by atoms with Crippen LogP contribution in [-0.2, 0) is 4.74 Å². The molecule has 1 aromatic carbocycles. The van der Waals surface area contributed by atoms with Gasteiger partial charge in [-0.2, -0.15) is 0 Å². The fourth-order valence-electron chi connectivity index (χ4n) is 2.19. The van der Waals surface area contributed by atoms with E-state index in [1.807, 2.05) is 24.3 Å². The van der Waals surface area contributed by atoms with Gasteiger partial charge in [-0.1, -0.05) is 29.8 Å². The maximum absolute atomic E-state index is 10.2. The maximum Gasteiger partial charge on any atom is 0.0916 e. The molecule has 0 amide bonds. The number of nitrogens with zero attached hydrogens (tertiary/aromatic N) is 1. The zero-order valence-electron chi connectivity index (χ0n) is 10.6. The molecule has 2 rings (SSSR count). The molecule has 1 heterocycles. The Hall–Kier alpha value is -0.900. The Labute approximate surface area is 103 Å². The Morgan fingerprint density at radius 2 is 2.12 bits per heavy atom. The van der Waals surface area contributed by atoms with Gasteiger partial charge in [-0.3, -0.25) is 4.90 Å². The lowest BCUT2D eigenvalue weighted by Crippen LogP contribution is -2.42. The molecule has 1 N–H and O–H groups in total. The van der Waals surface area contributed by atoms with Crippen LogP contribution in [0.25, 0.3) is 0 Å². The molecule has 0 radical (unpaired) electrons. The van der Waals surface area contributed by atoms with Gasteiger partial charge in [0.25, 0.3) is 0 Å². The summed E-state index contributed by atoms with van der Waals surface area (Å²) in [6.45, 7) is 7.40. The van der Waals surface area contributed by atoms with Gasteiger partial charge in [-0.25, -0.2) is 0 Å². The molecule has 1 fully saturated rings. The monoisotopic (exact) mass is 235 g/mol. The van der Waals surface area contributed by atoms with Crippen LogP contribution in [-0.4, -0.2) is 42.4 Å². The number of aryl methyl sites for hydroxylation is 1. The van der Waals surface area contributed by atoms with Crippen molar-refractivity contribution >= 4 is 0 Å². The minimum Gasteiger partial charge on any atom is -0.387 e. The van der Waals surface area contributed by atoms with E-state index in [1.54, 1.807) is 0 Å². The van der Waals surface area contributed by atoms with Crippen molar-refractivity contribution < 1.29 is 9.84 Å². The Bertz CT molecular complexity index is 350. The van der Waals surface area contributed by atoms with Crippen molar-refractivity contribution in [2.24, 2.45) is 0 Å². The van der Waals surface area contributed by atoms with Gasteiger partial charge in [0.1, 0.15) is 0 Å². The fourth-order valence-corrected chi connectivity index (χ4v) is 2.19. The minimum absolute atomic E-state index is 0.272. The van der Waals surface area contributed by atoms with E-state index >= 15 is 0 Å². The first-order valence-electron chi connectivity index (χ1n) is 6.24. The molecule has 1 aliphatic heterocycles. The van der Waals surface area contributed by atoms with Crippen molar-refractivity contribution in [1.82, 2.24) is 4.90 Å². The van der Waals surface area contributed by atoms with E-state index in [0.717, 1.165) is 25.3 Å². The van der Waals surface area contributed by atoms with Gasteiger partial charge < -0.3 is 9.84 Å². The normalized spacial score (nSPS) is 23.6. The second kappa shape index (κ2) is 5.63. The Kier molecular flexibility index (Phi) is 4.15. The Balaban J connectivity index is 1.91. The number of morpholine rings is 1. The highest BCUT2D eigenvalue weighted by Crippen LogP contribution is 2.16. The van der Waals surface area contributed by atoms with Crippen molar-refractivity contribution in [2.45, 2.75) is 26.1 Å². The molecule has 0 aromatic heterocycles. The number of benzene rings is 1. The molecule has 94 valence electrons. The van der Waals surface area contributed by atoms with Crippen molar-refractivity contribution in [3.05, 3.63) is 35.4 Å². The van der Waals surface area contributed by atoms with Crippen LogP contribution in [0.15, 0.2) is 24.3 Å². The number of hydrogen-bond acceptors (Lipinski definition) is 3. The predicted octanol–water partition coefficient (Wildman–Crippen LogP) is 1.75. The van der Waals surface area contributed by atoms with Crippen LogP contribution >= 0.6 is 0 Å². The number of ether oxygens (including phenoxy) is 1. The largest absolute Gasteiger partial charge is 0.387 e. The molecule has 1 aromatic rings. The third-order valence-corrected chi connectivity index (χ3v) is 3.22. The van der Waals surface area contributed by atoms with E-state index in [1.165, 1.54) is 5.56 Å². The molecule has 0 aliphatic carbocycles. The Morgan fingerprint density at radius 1 is 1.41 bits per heavy atom. The molecule has 3 heteroatoms. The van der Waals surface area contributed by atoms with Gasteiger partial charge in [0, 0.05) is 19.6 Å². The molecule has 1 aliphatic rings. The highest BCUT2D eigenvalue weighted by atomic mass is 16.5. The minimum atomic E-state index is -0.402. The topological polar surface area (TPSA) is 32.7 Å². The average Bonchev–Trinajstić information content (AvgIpc) is 2.29. The van der Waals surface area contributed by atoms with Gasteiger partial charge >= 0.3 is 0 Å². The number of hydrogen-bond donors (Lipinski definition) is 1. The van der Waals surface area contributed by atoms with E-state index in [-0.39, 0.29) is 6.10 Å². The summed E-state index contributed by atoms with van der Waals surface area (Å²) in [5, 5.41) is 10.2. The first-order valence-corrected chi connectivity index (χ1v) is 6.24. The van der Waals surface area contributed by atoms with Crippen LogP contribution in [0.1, 0.15) is 24.2 Å². The molecule has 17 heavy (non-hydrogen) atoms.